The number of aliphatic carboxylic acids is 1. The van der Waals surface area contributed by atoms with Gasteiger partial charge in [0.05, 0.1) is 32.9 Å². The molecule has 6 nitrogen and oxygen atoms in total. The quantitative estimate of drug-likeness (QED) is 0.468. The topological polar surface area (TPSA) is 91.2 Å². The van der Waals surface area contributed by atoms with Crippen LogP contribution >= 0.6 is 23.1 Å². The van der Waals surface area contributed by atoms with E-state index in [0.717, 1.165) is 28.2 Å². The minimum atomic E-state index is -0.918. The average molecular weight is 429 g/mol. The number of nitrogens with one attached hydrogen (secondary N) is 1. The molecule has 29 heavy (non-hydrogen) atoms. The Bertz CT molecular complexity index is 1050. The van der Waals surface area contributed by atoms with E-state index in [-0.39, 0.29) is 11.0 Å². The third kappa shape index (κ3) is 3.90. The Balaban J connectivity index is 1.46. The number of thioether (sulfide) groups is 1. The zero-order valence-corrected chi connectivity index (χ0v) is 17.4. The van der Waals surface area contributed by atoms with Crippen molar-refractivity contribution in [2.75, 3.05) is 6.61 Å². The van der Waals surface area contributed by atoms with Crippen LogP contribution in [0.1, 0.15) is 24.5 Å². The van der Waals surface area contributed by atoms with E-state index >= 15 is 0 Å². The third-order valence-corrected chi connectivity index (χ3v) is 7.23. The monoisotopic (exact) mass is 428 g/mol. The van der Waals surface area contributed by atoms with E-state index in [1.165, 1.54) is 23.1 Å². The van der Waals surface area contributed by atoms with Crippen LogP contribution in [0.3, 0.4) is 0 Å². The van der Waals surface area contributed by atoms with Gasteiger partial charge in [-0.25, -0.2) is 4.79 Å². The maximum Gasteiger partial charge on any atom is 0.341 e. The molecule has 150 valence electrons. The molecule has 2 aliphatic heterocycles. The highest BCUT2D eigenvalue weighted by Gasteiger charge is 2.24. The number of nitrogens with zero attached hydrogens (tertiary/aromatic N) is 1. The summed E-state index contributed by atoms with van der Waals surface area (Å²) < 4.78 is 5.55. The normalized spacial score (nSPS) is 18.2. The van der Waals surface area contributed by atoms with Gasteiger partial charge in [0.15, 0.2) is 0 Å². The van der Waals surface area contributed by atoms with Gasteiger partial charge in [0.1, 0.15) is 11.5 Å². The Kier molecular flexibility index (Phi) is 5.38. The highest BCUT2D eigenvalue weighted by atomic mass is 32.2. The summed E-state index contributed by atoms with van der Waals surface area (Å²) >= 11 is 2.73. The molecule has 4 rings (SSSR count). The predicted molar refractivity (Wildman–Crippen MR) is 117 cm³/mol. The number of hydrogen-bond acceptors (Lipinski definition) is 7. The first-order valence-electron chi connectivity index (χ1n) is 9.10. The van der Waals surface area contributed by atoms with Crippen molar-refractivity contribution in [2.24, 2.45) is 5.10 Å². The van der Waals surface area contributed by atoms with Gasteiger partial charge in [0, 0.05) is 17.5 Å². The number of hydrogen-bond donors (Lipinski definition) is 3. The van der Waals surface area contributed by atoms with Gasteiger partial charge in [-0.05, 0) is 42.7 Å². The van der Waals surface area contributed by atoms with Crippen molar-refractivity contribution in [3.63, 3.8) is 0 Å². The Morgan fingerprint density at radius 2 is 2.24 bits per heavy atom. The lowest BCUT2D eigenvalue weighted by Gasteiger charge is -2.12. The Morgan fingerprint density at radius 3 is 3.00 bits per heavy atom. The summed E-state index contributed by atoms with van der Waals surface area (Å²) in [6.45, 7) is 6.48. The van der Waals surface area contributed by atoms with E-state index < -0.39 is 5.97 Å². The summed E-state index contributed by atoms with van der Waals surface area (Å²) in [6, 6.07) is 5.96. The lowest BCUT2D eigenvalue weighted by Crippen LogP contribution is -2.16. The van der Waals surface area contributed by atoms with Crippen molar-refractivity contribution in [1.29, 1.82) is 0 Å². The minimum Gasteiger partial charge on any atom is -0.506 e. The number of hydrazone groups is 1. The SMILES string of the molecule is C=C(N/N=C(\C)c1csc(-c2ccc3c(c2)CCO3)c1O)C1CC=C(C(=O)O)S1. The summed E-state index contributed by atoms with van der Waals surface area (Å²) in [6.07, 6.45) is 3.18. The van der Waals surface area contributed by atoms with Crippen LogP contribution in [0, 0.1) is 0 Å². The van der Waals surface area contributed by atoms with E-state index in [9.17, 15) is 9.90 Å². The molecule has 1 aromatic heterocycles. The number of fused-ring (bicyclic) bond motifs is 1. The second-order valence-corrected chi connectivity index (χ2v) is 8.92. The molecule has 0 amide bonds. The lowest BCUT2D eigenvalue weighted by atomic mass is 10.1. The summed E-state index contributed by atoms with van der Waals surface area (Å²) in [4.78, 5) is 12.2. The fourth-order valence-corrected chi connectivity index (χ4v) is 5.23. The van der Waals surface area contributed by atoms with Gasteiger partial charge in [-0.2, -0.15) is 5.10 Å². The molecule has 2 aliphatic rings. The molecule has 1 unspecified atom stereocenters. The highest BCUT2D eigenvalue weighted by Crippen LogP contribution is 2.41. The molecule has 0 spiro atoms. The number of rotatable bonds is 6. The number of carbonyl (C=O) groups is 1. The maximum absolute atomic E-state index is 11.0. The first kappa shape index (κ1) is 19.6. The molecule has 2 aromatic rings. The van der Waals surface area contributed by atoms with Crippen molar-refractivity contribution >= 4 is 34.8 Å². The van der Waals surface area contributed by atoms with Crippen LogP contribution < -0.4 is 10.2 Å². The summed E-state index contributed by atoms with van der Waals surface area (Å²) in [7, 11) is 0. The Morgan fingerprint density at radius 1 is 1.41 bits per heavy atom. The first-order chi connectivity index (χ1) is 13.9. The average Bonchev–Trinajstić information content (AvgIpc) is 3.44. The smallest absolute Gasteiger partial charge is 0.341 e. The number of thiophene rings is 1. The maximum atomic E-state index is 11.0. The van der Waals surface area contributed by atoms with Crippen molar-refractivity contribution in [3.8, 4) is 21.9 Å². The van der Waals surface area contributed by atoms with Crippen LogP contribution in [0.4, 0.5) is 0 Å². The molecule has 0 saturated heterocycles. The van der Waals surface area contributed by atoms with E-state index in [2.05, 4.69) is 23.2 Å². The Labute approximate surface area is 176 Å². The zero-order chi connectivity index (χ0) is 20.5. The molecule has 0 fully saturated rings. The molecule has 3 heterocycles. The van der Waals surface area contributed by atoms with Gasteiger partial charge in [-0.1, -0.05) is 12.7 Å². The Hall–Kier alpha value is -2.71. The van der Waals surface area contributed by atoms with Crippen LogP contribution in [0.5, 0.6) is 11.5 Å². The molecular weight excluding hydrogens is 408 g/mol. The molecule has 8 heteroatoms. The fourth-order valence-electron chi connectivity index (χ4n) is 3.24. The van der Waals surface area contributed by atoms with Gasteiger partial charge < -0.3 is 14.9 Å². The molecule has 3 N–H and O–H groups in total. The van der Waals surface area contributed by atoms with Crippen molar-refractivity contribution in [2.45, 2.75) is 25.0 Å². The van der Waals surface area contributed by atoms with Gasteiger partial charge in [0.25, 0.3) is 0 Å². The van der Waals surface area contributed by atoms with Crippen LogP contribution in [0.2, 0.25) is 0 Å². The van der Waals surface area contributed by atoms with Gasteiger partial charge in [0.2, 0.25) is 0 Å². The number of benzene rings is 1. The lowest BCUT2D eigenvalue weighted by molar-refractivity contribution is -0.131. The predicted octanol–water partition coefficient (Wildman–Crippen LogP) is 4.36. The third-order valence-electron chi connectivity index (χ3n) is 4.86. The van der Waals surface area contributed by atoms with Crippen LogP contribution in [-0.4, -0.2) is 33.8 Å². The number of carboxylic acid groups (broad SMARTS) is 1. The largest absolute Gasteiger partial charge is 0.506 e. The van der Waals surface area contributed by atoms with E-state index in [0.29, 0.717) is 34.9 Å². The molecule has 1 aromatic carbocycles. The van der Waals surface area contributed by atoms with E-state index in [1.807, 2.05) is 24.4 Å². The molecule has 0 bridgehead atoms. The number of allylic oxidation sites excluding steroid dienone is 1. The fraction of sp³-hybridized carbons (Fsp3) is 0.238. The van der Waals surface area contributed by atoms with Crippen LogP contribution in [0.15, 0.2) is 51.9 Å². The summed E-state index contributed by atoms with van der Waals surface area (Å²) in [5.41, 5.74) is 6.96. The summed E-state index contributed by atoms with van der Waals surface area (Å²) in [5.74, 6) is 0.197. The second-order valence-electron chi connectivity index (χ2n) is 6.80. The van der Waals surface area contributed by atoms with Gasteiger partial charge in [-0.3, -0.25) is 5.43 Å². The van der Waals surface area contributed by atoms with E-state index in [1.54, 1.807) is 6.08 Å². The number of ether oxygens (including phenoxy) is 1. The van der Waals surface area contributed by atoms with Crippen molar-refractivity contribution in [1.82, 2.24) is 5.43 Å². The van der Waals surface area contributed by atoms with E-state index in [4.69, 9.17) is 9.84 Å². The number of aromatic hydroxyl groups is 1. The molecule has 0 aliphatic carbocycles. The second kappa shape index (κ2) is 7.96. The zero-order valence-electron chi connectivity index (χ0n) is 15.8. The van der Waals surface area contributed by atoms with Crippen molar-refractivity contribution in [3.05, 3.63) is 58.0 Å². The molecular formula is C21H20N2O4S2. The summed E-state index contributed by atoms with van der Waals surface area (Å²) in [5, 5.41) is 26.0. The van der Waals surface area contributed by atoms with Crippen LogP contribution in [0.25, 0.3) is 10.4 Å². The minimum absolute atomic E-state index is 0.0714. The highest BCUT2D eigenvalue weighted by molar-refractivity contribution is 8.05. The first-order valence-corrected chi connectivity index (χ1v) is 10.9. The van der Waals surface area contributed by atoms with Gasteiger partial charge >= 0.3 is 5.97 Å². The van der Waals surface area contributed by atoms with Crippen LogP contribution in [-0.2, 0) is 11.2 Å². The van der Waals surface area contributed by atoms with Crippen molar-refractivity contribution < 1.29 is 19.7 Å². The standard InChI is InChI=1S/C21H20N2O4S2/c1-11(22-23-12(2)17-5-6-18(29-17)21(25)26)15-10-28-20(19(15)24)14-3-4-16-13(9-14)7-8-27-16/h3-4,6,9-10,17,23-24H,2,5,7-8H2,1H3,(H,25,26)/b22-11+. The molecule has 1 atom stereocenters. The number of carboxylic acids is 1. The van der Waals surface area contributed by atoms with Gasteiger partial charge in [-0.15, -0.1) is 23.1 Å². The molecule has 0 saturated carbocycles. The molecule has 0 radical (unpaired) electrons.